The second-order valence-electron chi connectivity index (χ2n) is 10.0. The van der Waals surface area contributed by atoms with E-state index >= 15 is 0 Å². The van der Waals surface area contributed by atoms with Crippen molar-refractivity contribution in [1.82, 2.24) is 10.6 Å². The largest absolute Gasteiger partial charge is 0.390 e. The molecule has 0 heterocycles. The quantitative estimate of drug-likeness (QED) is 0.194. The number of carbonyl (C=O) groups excluding carboxylic acids is 2. The van der Waals surface area contributed by atoms with Crippen LogP contribution in [0.15, 0.2) is 84.9 Å². The molecule has 4 rings (SSSR count). The normalized spacial score (nSPS) is 12.7. The van der Waals surface area contributed by atoms with E-state index in [1.54, 1.807) is 6.07 Å². The number of aryl methyl sites for hydroxylation is 1. The van der Waals surface area contributed by atoms with E-state index < -0.39 is 29.7 Å². The monoisotopic (exact) mass is 544 g/mol. The van der Waals surface area contributed by atoms with E-state index in [-0.39, 0.29) is 31.6 Å². The molecule has 0 aliphatic rings. The van der Waals surface area contributed by atoms with Crippen LogP contribution in [0.1, 0.15) is 46.8 Å². The maximum absolute atomic E-state index is 13.8. The minimum Gasteiger partial charge on any atom is -0.390 e. The number of ketones is 1. The Balaban J connectivity index is 1.38. The third kappa shape index (κ3) is 8.28. The number of rotatable bonds is 13. The van der Waals surface area contributed by atoms with Gasteiger partial charge >= 0.3 is 0 Å². The van der Waals surface area contributed by atoms with Crippen molar-refractivity contribution >= 4 is 22.5 Å². The summed E-state index contributed by atoms with van der Waals surface area (Å²) in [6.45, 7) is 2.74. The molecule has 7 heteroatoms. The molecular weight excluding hydrogens is 510 g/mol. The highest BCUT2D eigenvalue weighted by Gasteiger charge is 2.23. The van der Waals surface area contributed by atoms with Gasteiger partial charge in [0.1, 0.15) is 11.6 Å². The summed E-state index contributed by atoms with van der Waals surface area (Å²) in [4.78, 5) is 25.6. The van der Waals surface area contributed by atoms with Crippen LogP contribution in [-0.2, 0) is 24.2 Å². The van der Waals surface area contributed by atoms with Gasteiger partial charge in [-0.1, -0.05) is 67.6 Å². The molecule has 0 aliphatic carbocycles. The SMILES string of the molecule is CCc1cccc(CNC[C@H](O)[C@H](Cc2cc(F)cc(F)c2)NC(=O)CCC(=O)c2ccc3ccccc3c2)c1. The molecule has 0 bridgehead atoms. The van der Waals surface area contributed by atoms with Crippen molar-refractivity contribution in [1.29, 1.82) is 0 Å². The summed E-state index contributed by atoms with van der Waals surface area (Å²) < 4.78 is 27.6. The van der Waals surface area contributed by atoms with Crippen LogP contribution in [0.5, 0.6) is 0 Å². The standard InChI is InChI=1S/C33H34F2N2O3/c1-2-22-6-5-7-23(14-22)20-36-21-32(39)30(17-24-15-28(34)19-29(35)16-24)37-33(40)13-12-31(38)27-11-10-25-8-3-4-9-26(25)18-27/h3-11,14-16,18-19,30,32,36,39H,2,12-13,17,20-21H2,1H3,(H,37,40)/t30-,32-/m0/s1. The molecule has 1 amide bonds. The highest BCUT2D eigenvalue weighted by Crippen LogP contribution is 2.18. The molecule has 40 heavy (non-hydrogen) atoms. The van der Waals surface area contributed by atoms with Crippen LogP contribution in [0, 0.1) is 11.6 Å². The van der Waals surface area contributed by atoms with Crippen molar-refractivity contribution in [2.75, 3.05) is 6.54 Å². The van der Waals surface area contributed by atoms with Gasteiger partial charge in [-0.2, -0.15) is 0 Å². The zero-order valence-corrected chi connectivity index (χ0v) is 22.5. The molecule has 4 aromatic rings. The zero-order chi connectivity index (χ0) is 28.5. The molecule has 5 nitrogen and oxygen atoms in total. The summed E-state index contributed by atoms with van der Waals surface area (Å²) in [6.07, 6.45) is -0.191. The van der Waals surface area contributed by atoms with Crippen molar-refractivity contribution in [2.45, 2.75) is 51.3 Å². The Morgan fingerprint density at radius 3 is 2.27 bits per heavy atom. The Bertz CT molecular complexity index is 1450. The number of amides is 1. The van der Waals surface area contributed by atoms with Gasteiger partial charge in [0.2, 0.25) is 5.91 Å². The molecular formula is C33H34F2N2O3. The van der Waals surface area contributed by atoms with Crippen LogP contribution < -0.4 is 10.6 Å². The second kappa shape index (κ2) is 13.9. The van der Waals surface area contributed by atoms with Crippen molar-refractivity contribution < 1.29 is 23.5 Å². The van der Waals surface area contributed by atoms with E-state index in [4.69, 9.17) is 0 Å². The van der Waals surface area contributed by atoms with E-state index in [1.807, 2.05) is 54.6 Å². The average Bonchev–Trinajstić information content (AvgIpc) is 2.94. The van der Waals surface area contributed by atoms with Crippen molar-refractivity contribution in [3.05, 3.63) is 119 Å². The number of hydrogen-bond donors (Lipinski definition) is 3. The van der Waals surface area contributed by atoms with Crippen LogP contribution in [0.4, 0.5) is 8.78 Å². The molecule has 4 aromatic carbocycles. The first-order chi connectivity index (χ1) is 19.3. The van der Waals surface area contributed by atoms with Gasteiger partial charge in [-0.3, -0.25) is 9.59 Å². The van der Waals surface area contributed by atoms with Crippen molar-refractivity contribution in [3.8, 4) is 0 Å². The third-order valence-corrected chi connectivity index (χ3v) is 6.92. The molecule has 0 unspecified atom stereocenters. The summed E-state index contributed by atoms with van der Waals surface area (Å²) >= 11 is 0. The Morgan fingerprint density at radius 1 is 0.800 bits per heavy atom. The lowest BCUT2D eigenvalue weighted by molar-refractivity contribution is -0.122. The van der Waals surface area contributed by atoms with E-state index in [0.29, 0.717) is 17.7 Å². The number of carbonyl (C=O) groups is 2. The van der Waals surface area contributed by atoms with Gasteiger partial charge in [-0.25, -0.2) is 8.78 Å². The molecule has 208 valence electrons. The first kappa shape index (κ1) is 29.1. The molecule has 0 fully saturated rings. The number of aliphatic hydroxyl groups excluding tert-OH is 1. The fourth-order valence-electron chi connectivity index (χ4n) is 4.75. The zero-order valence-electron chi connectivity index (χ0n) is 22.5. The summed E-state index contributed by atoms with van der Waals surface area (Å²) in [5, 5.41) is 18.9. The lowest BCUT2D eigenvalue weighted by Gasteiger charge is -2.25. The summed E-state index contributed by atoms with van der Waals surface area (Å²) in [6, 6.07) is 23.6. The highest BCUT2D eigenvalue weighted by atomic mass is 19.1. The topological polar surface area (TPSA) is 78.4 Å². The minimum atomic E-state index is -1.04. The summed E-state index contributed by atoms with van der Waals surface area (Å²) in [7, 11) is 0. The lowest BCUT2D eigenvalue weighted by Crippen LogP contribution is -2.48. The predicted octanol–water partition coefficient (Wildman–Crippen LogP) is 5.52. The van der Waals surface area contributed by atoms with Gasteiger partial charge in [0, 0.05) is 37.6 Å². The van der Waals surface area contributed by atoms with Crippen LogP contribution >= 0.6 is 0 Å². The third-order valence-electron chi connectivity index (χ3n) is 6.92. The number of nitrogens with one attached hydrogen (secondary N) is 2. The van der Waals surface area contributed by atoms with Gasteiger partial charge in [0.25, 0.3) is 0 Å². The highest BCUT2D eigenvalue weighted by molar-refractivity contribution is 6.01. The van der Waals surface area contributed by atoms with Gasteiger partial charge in [0.15, 0.2) is 5.78 Å². The Morgan fingerprint density at radius 2 is 1.52 bits per heavy atom. The number of benzene rings is 4. The smallest absolute Gasteiger partial charge is 0.220 e. The number of fused-ring (bicyclic) bond motifs is 1. The number of hydrogen-bond acceptors (Lipinski definition) is 4. The fourth-order valence-corrected chi connectivity index (χ4v) is 4.75. The van der Waals surface area contributed by atoms with Crippen LogP contribution in [0.2, 0.25) is 0 Å². The minimum absolute atomic E-state index is 0.00635. The van der Waals surface area contributed by atoms with Gasteiger partial charge in [0.05, 0.1) is 12.1 Å². The van der Waals surface area contributed by atoms with Crippen molar-refractivity contribution in [2.24, 2.45) is 0 Å². The second-order valence-corrected chi connectivity index (χ2v) is 10.0. The van der Waals surface area contributed by atoms with E-state index in [0.717, 1.165) is 28.8 Å². The molecule has 0 spiro atoms. The number of halogens is 2. The number of Topliss-reactive ketones (excluding diaryl/α,β-unsaturated/α-hetero) is 1. The van der Waals surface area contributed by atoms with E-state index in [1.165, 1.54) is 17.7 Å². The summed E-state index contributed by atoms with van der Waals surface area (Å²) in [5.74, 6) is -2.05. The molecule has 0 saturated carbocycles. The van der Waals surface area contributed by atoms with Crippen LogP contribution in [0.3, 0.4) is 0 Å². The lowest BCUT2D eigenvalue weighted by atomic mass is 9.99. The maximum atomic E-state index is 13.8. The fraction of sp³-hybridized carbons (Fsp3) is 0.273. The van der Waals surface area contributed by atoms with Crippen molar-refractivity contribution in [3.63, 3.8) is 0 Å². The number of aliphatic hydroxyl groups is 1. The van der Waals surface area contributed by atoms with Crippen LogP contribution in [-0.4, -0.2) is 35.5 Å². The Hall–Kier alpha value is -3.94. The maximum Gasteiger partial charge on any atom is 0.220 e. The molecule has 0 aromatic heterocycles. The Kier molecular flexibility index (Phi) is 10.1. The van der Waals surface area contributed by atoms with Gasteiger partial charge in [-0.05, 0) is 58.5 Å². The summed E-state index contributed by atoms with van der Waals surface area (Å²) in [5.41, 5.74) is 3.10. The molecule has 0 aliphatic heterocycles. The molecule has 3 N–H and O–H groups in total. The predicted molar refractivity (Wildman–Crippen MR) is 153 cm³/mol. The first-order valence-electron chi connectivity index (χ1n) is 13.5. The Labute approximate surface area is 233 Å². The van der Waals surface area contributed by atoms with E-state index in [2.05, 4.69) is 23.6 Å². The molecule has 2 atom stereocenters. The molecule has 0 radical (unpaired) electrons. The molecule has 0 saturated heterocycles. The average molecular weight is 545 g/mol. The van der Waals surface area contributed by atoms with Crippen LogP contribution in [0.25, 0.3) is 10.8 Å². The van der Waals surface area contributed by atoms with Gasteiger partial charge < -0.3 is 15.7 Å². The van der Waals surface area contributed by atoms with E-state index in [9.17, 15) is 23.5 Å². The van der Waals surface area contributed by atoms with Gasteiger partial charge in [-0.15, -0.1) is 0 Å². The first-order valence-corrected chi connectivity index (χ1v) is 13.5.